The lowest BCUT2D eigenvalue weighted by atomic mass is 9.99. The zero-order valence-electron chi connectivity index (χ0n) is 31.1. The molecule has 0 radical (unpaired) electrons. The summed E-state index contributed by atoms with van der Waals surface area (Å²) in [7, 11) is 0. The molecular formula is C42H49FN8O3. The molecule has 5 aromatic rings. The van der Waals surface area contributed by atoms with Crippen molar-refractivity contribution in [1.29, 1.82) is 0 Å². The van der Waals surface area contributed by atoms with Crippen molar-refractivity contribution in [2.45, 2.75) is 65.3 Å². The molecule has 0 atom stereocenters. The van der Waals surface area contributed by atoms with Crippen LogP contribution < -0.4 is 16.4 Å². The third-order valence-corrected chi connectivity index (χ3v) is 10.4. The average molecular weight is 733 g/mol. The number of fused-ring (bicyclic) bond motifs is 1. The summed E-state index contributed by atoms with van der Waals surface area (Å²) < 4.78 is 23.1. The van der Waals surface area contributed by atoms with Crippen molar-refractivity contribution >= 4 is 28.5 Å². The number of piperazine rings is 1. The molecule has 7 rings (SSSR count). The largest absolute Gasteiger partial charge is 0.381 e. The average Bonchev–Trinajstić information content (AvgIpc) is 3.61. The number of aromatic nitrogens is 3. The lowest BCUT2D eigenvalue weighted by molar-refractivity contribution is 0.0729. The van der Waals surface area contributed by atoms with Crippen molar-refractivity contribution in [2.24, 2.45) is 5.73 Å². The normalized spacial score (nSPS) is 15.4. The number of anilines is 1. The number of benzene rings is 3. The molecule has 2 aromatic heterocycles. The standard InChI is InChI=1S/C42H49FN8O3/c1-3-38-37(39(47-35-11-17-54-18-12-35)36-24-46-51(4-2)41(36)48-38)27-50(42(53)32-10-6-9-31(22-32)40(44)52)26-29-20-33(23-34(43)21-29)30-8-5-7-28(19-30)25-49-15-13-45-14-16-49/h5-10,19-24,35,45H,3-4,11-18,25-27H2,1-2H3,(H2,44,52)(H,47,48). The van der Waals surface area contributed by atoms with Gasteiger partial charge in [-0.3, -0.25) is 14.5 Å². The number of nitrogens with one attached hydrogen (secondary N) is 2. The van der Waals surface area contributed by atoms with Gasteiger partial charge in [-0.1, -0.05) is 31.2 Å². The molecule has 12 heteroatoms. The molecular weight excluding hydrogens is 684 g/mol. The number of pyridine rings is 1. The molecule has 11 nitrogen and oxygen atoms in total. The van der Waals surface area contributed by atoms with Crippen LogP contribution in [0.2, 0.25) is 0 Å². The number of ether oxygens (including phenoxy) is 1. The number of primary amides is 1. The minimum absolute atomic E-state index is 0.108. The molecule has 2 amide bonds. The maximum absolute atomic E-state index is 15.6. The van der Waals surface area contributed by atoms with Gasteiger partial charge >= 0.3 is 0 Å². The third kappa shape index (κ3) is 8.46. The van der Waals surface area contributed by atoms with E-state index in [4.69, 9.17) is 15.5 Å². The van der Waals surface area contributed by atoms with Crippen LogP contribution in [0.1, 0.15) is 69.8 Å². The van der Waals surface area contributed by atoms with Gasteiger partial charge in [0.25, 0.3) is 5.91 Å². The van der Waals surface area contributed by atoms with Gasteiger partial charge in [0.15, 0.2) is 5.65 Å². The molecule has 282 valence electrons. The van der Waals surface area contributed by atoms with E-state index >= 15 is 4.39 Å². The van der Waals surface area contributed by atoms with Gasteiger partial charge in [0, 0.05) is 87.5 Å². The lowest BCUT2D eigenvalue weighted by Crippen LogP contribution is -2.42. The highest BCUT2D eigenvalue weighted by molar-refractivity contribution is 5.99. The van der Waals surface area contributed by atoms with Crippen LogP contribution >= 0.6 is 0 Å². The summed E-state index contributed by atoms with van der Waals surface area (Å²) in [5, 5.41) is 12.7. The Bertz CT molecular complexity index is 2120. The second-order valence-corrected chi connectivity index (χ2v) is 14.2. The molecule has 2 aliphatic rings. The summed E-state index contributed by atoms with van der Waals surface area (Å²) >= 11 is 0. The van der Waals surface area contributed by atoms with Crippen molar-refractivity contribution in [3.63, 3.8) is 0 Å². The van der Waals surface area contributed by atoms with Gasteiger partial charge in [-0.15, -0.1) is 0 Å². The summed E-state index contributed by atoms with van der Waals surface area (Å²) in [6, 6.07) is 19.9. The Morgan fingerprint density at radius 1 is 0.963 bits per heavy atom. The Labute approximate surface area is 315 Å². The van der Waals surface area contributed by atoms with Crippen molar-refractivity contribution in [3.8, 4) is 11.1 Å². The van der Waals surface area contributed by atoms with Crippen LogP contribution in [-0.2, 0) is 37.3 Å². The fourth-order valence-electron chi connectivity index (χ4n) is 7.56. The van der Waals surface area contributed by atoms with Crippen LogP contribution in [0.3, 0.4) is 0 Å². The Morgan fingerprint density at radius 3 is 2.48 bits per heavy atom. The first-order valence-electron chi connectivity index (χ1n) is 19.0. The van der Waals surface area contributed by atoms with E-state index in [1.807, 2.05) is 36.0 Å². The second kappa shape index (κ2) is 16.9. The zero-order valence-corrected chi connectivity index (χ0v) is 31.1. The van der Waals surface area contributed by atoms with E-state index in [0.717, 1.165) is 90.2 Å². The Morgan fingerprint density at radius 2 is 1.72 bits per heavy atom. The summed E-state index contributed by atoms with van der Waals surface area (Å²) in [4.78, 5) is 36.0. The lowest BCUT2D eigenvalue weighted by Gasteiger charge is -2.29. The van der Waals surface area contributed by atoms with E-state index in [-0.39, 0.29) is 36.4 Å². The number of nitrogens with two attached hydrogens (primary N) is 1. The quantitative estimate of drug-likeness (QED) is 0.140. The topological polar surface area (TPSA) is 131 Å². The number of hydrogen-bond donors (Lipinski definition) is 3. The molecule has 0 unspecified atom stereocenters. The maximum atomic E-state index is 15.6. The molecule has 2 aliphatic heterocycles. The highest BCUT2D eigenvalue weighted by atomic mass is 19.1. The monoisotopic (exact) mass is 732 g/mol. The number of carbonyl (C=O) groups excluding carboxylic acids is 2. The van der Waals surface area contributed by atoms with Gasteiger partial charge in [0.05, 0.1) is 23.8 Å². The SMILES string of the molecule is CCc1nc2c(cnn2CC)c(NC2CCOCC2)c1CN(Cc1cc(F)cc(-c2cccc(CN3CCNCC3)c2)c1)C(=O)c1cccc(C(N)=O)c1. The number of rotatable bonds is 13. The van der Waals surface area contributed by atoms with E-state index in [1.165, 1.54) is 12.1 Å². The molecule has 0 aliphatic carbocycles. The molecule has 0 saturated carbocycles. The minimum atomic E-state index is -0.621. The van der Waals surface area contributed by atoms with Crippen LogP contribution in [0, 0.1) is 5.82 Å². The van der Waals surface area contributed by atoms with Crippen LogP contribution in [0.4, 0.5) is 10.1 Å². The molecule has 2 fully saturated rings. The highest BCUT2D eigenvalue weighted by Gasteiger charge is 2.26. The number of nitrogens with zero attached hydrogens (tertiary/aromatic N) is 5. The van der Waals surface area contributed by atoms with Crippen LogP contribution in [0.25, 0.3) is 22.2 Å². The van der Waals surface area contributed by atoms with Gasteiger partial charge in [0.2, 0.25) is 5.91 Å². The minimum Gasteiger partial charge on any atom is -0.381 e. The fourth-order valence-corrected chi connectivity index (χ4v) is 7.56. The highest BCUT2D eigenvalue weighted by Crippen LogP contribution is 2.33. The van der Waals surface area contributed by atoms with Gasteiger partial charge < -0.3 is 26.0 Å². The molecule has 3 aromatic carbocycles. The molecule has 0 bridgehead atoms. The maximum Gasteiger partial charge on any atom is 0.254 e. The van der Waals surface area contributed by atoms with Gasteiger partial charge in [-0.05, 0) is 90.9 Å². The van der Waals surface area contributed by atoms with Crippen LogP contribution in [0.15, 0.2) is 72.9 Å². The Kier molecular flexibility index (Phi) is 11.6. The van der Waals surface area contributed by atoms with Gasteiger partial charge in [0.1, 0.15) is 5.82 Å². The smallest absolute Gasteiger partial charge is 0.254 e. The van der Waals surface area contributed by atoms with Gasteiger partial charge in [-0.2, -0.15) is 5.10 Å². The first-order valence-corrected chi connectivity index (χ1v) is 19.0. The Hall–Kier alpha value is -5.17. The summed E-state index contributed by atoms with van der Waals surface area (Å²) in [5.41, 5.74) is 13.0. The number of carbonyl (C=O) groups is 2. The van der Waals surface area contributed by atoms with E-state index in [1.54, 1.807) is 29.2 Å². The van der Waals surface area contributed by atoms with Crippen molar-refractivity contribution in [1.82, 2.24) is 29.9 Å². The van der Waals surface area contributed by atoms with Crippen molar-refractivity contribution in [3.05, 3.63) is 112 Å². The summed E-state index contributed by atoms with van der Waals surface area (Å²) in [5.74, 6) is -1.32. The first kappa shape index (κ1) is 37.2. The number of hydrogen-bond acceptors (Lipinski definition) is 8. The molecule has 2 saturated heterocycles. The fraction of sp³-hybridized carbons (Fsp3) is 0.381. The van der Waals surface area contributed by atoms with E-state index in [2.05, 4.69) is 39.7 Å². The van der Waals surface area contributed by atoms with Gasteiger partial charge in [-0.25, -0.2) is 14.1 Å². The summed E-state index contributed by atoms with van der Waals surface area (Å²) in [6.45, 7) is 11.1. The molecule has 54 heavy (non-hydrogen) atoms. The van der Waals surface area contributed by atoms with Crippen molar-refractivity contribution in [2.75, 3.05) is 44.7 Å². The molecule has 4 heterocycles. The number of aryl methyl sites for hydroxylation is 2. The zero-order chi connectivity index (χ0) is 37.6. The molecule has 0 spiro atoms. The van der Waals surface area contributed by atoms with Crippen LogP contribution in [0.5, 0.6) is 0 Å². The Balaban J connectivity index is 1.28. The van der Waals surface area contributed by atoms with Crippen LogP contribution in [-0.4, -0.2) is 81.8 Å². The van der Waals surface area contributed by atoms with Crippen molar-refractivity contribution < 1.29 is 18.7 Å². The summed E-state index contributed by atoms with van der Waals surface area (Å²) in [6.07, 6.45) is 4.15. The predicted molar refractivity (Wildman–Crippen MR) is 209 cm³/mol. The first-order chi connectivity index (χ1) is 26.3. The van der Waals surface area contributed by atoms with E-state index in [9.17, 15) is 9.59 Å². The molecule has 4 N–H and O–H groups in total. The number of halogens is 1. The number of amides is 2. The third-order valence-electron chi connectivity index (χ3n) is 10.4. The predicted octanol–water partition coefficient (Wildman–Crippen LogP) is 5.76. The van der Waals surface area contributed by atoms with E-state index < -0.39 is 5.91 Å². The second-order valence-electron chi connectivity index (χ2n) is 14.2. The van der Waals surface area contributed by atoms with E-state index in [0.29, 0.717) is 37.3 Å².